The Morgan fingerprint density at radius 3 is 2.83 bits per heavy atom. The number of hydrogen-bond acceptors (Lipinski definition) is 3. The third kappa shape index (κ3) is 5.80. The molecule has 1 aromatic carbocycles. The summed E-state index contributed by atoms with van der Waals surface area (Å²) < 4.78 is 0. The number of hydrogen-bond donors (Lipinski definition) is 1. The van der Waals surface area contributed by atoms with Crippen LogP contribution in [-0.4, -0.2) is 53.9 Å². The van der Waals surface area contributed by atoms with E-state index in [1.807, 2.05) is 14.0 Å². The lowest BCUT2D eigenvalue weighted by Crippen LogP contribution is -2.42. The molecule has 5 heteroatoms. The minimum Gasteiger partial charge on any atom is -0.341 e. The van der Waals surface area contributed by atoms with Crippen LogP contribution in [0.5, 0.6) is 0 Å². The standard InChI is InChI=1S/C24H33N3O2/c1-4-22-14-21(15-23(28)25-22)24(29)26(3)16-19-9-7-12-27(17-19)13-11-20-10-6-5-8-18(20)2/h5-6,8,10,14-15,19H,4,7,9,11-13,16-17H2,1-3H3,(H,25,28). The van der Waals surface area contributed by atoms with E-state index >= 15 is 0 Å². The number of likely N-dealkylation sites (tertiary alicyclic amines) is 1. The highest BCUT2D eigenvalue weighted by atomic mass is 16.2. The Morgan fingerprint density at radius 2 is 2.07 bits per heavy atom. The van der Waals surface area contributed by atoms with E-state index in [4.69, 9.17) is 0 Å². The summed E-state index contributed by atoms with van der Waals surface area (Å²) in [6, 6.07) is 11.8. The van der Waals surface area contributed by atoms with E-state index in [1.54, 1.807) is 11.0 Å². The van der Waals surface area contributed by atoms with Gasteiger partial charge in [-0.1, -0.05) is 31.2 Å². The van der Waals surface area contributed by atoms with Crippen LogP contribution in [0.25, 0.3) is 0 Å². The van der Waals surface area contributed by atoms with Gasteiger partial charge in [0.05, 0.1) is 0 Å². The first-order valence-electron chi connectivity index (χ1n) is 10.7. The summed E-state index contributed by atoms with van der Waals surface area (Å²) in [5, 5.41) is 0. The predicted octanol–water partition coefficient (Wildman–Crippen LogP) is 3.27. The molecule has 1 saturated heterocycles. The largest absolute Gasteiger partial charge is 0.341 e. The Labute approximate surface area is 173 Å². The molecule has 1 fully saturated rings. The van der Waals surface area contributed by atoms with Crippen molar-refractivity contribution in [2.75, 3.05) is 33.2 Å². The molecule has 1 amide bonds. The van der Waals surface area contributed by atoms with E-state index in [9.17, 15) is 9.59 Å². The summed E-state index contributed by atoms with van der Waals surface area (Å²) in [6.45, 7) is 8.10. The number of piperidine rings is 1. The minimum absolute atomic E-state index is 0.0668. The zero-order chi connectivity index (χ0) is 20.8. The van der Waals surface area contributed by atoms with Crippen molar-refractivity contribution in [2.45, 2.75) is 39.5 Å². The molecule has 156 valence electrons. The normalized spacial score (nSPS) is 17.3. The Balaban J connectivity index is 1.55. The van der Waals surface area contributed by atoms with E-state index < -0.39 is 0 Å². The zero-order valence-corrected chi connectivity index (χ0v) is 17.9. The molecule has 0 saturated carbocycles. The van der Waals surface area contributed by atoms with Gasteiger partial charge in [-0.2, -0.15) is 0 Å². The molecule has 2 heterocycles. The van der Waals surface area contributed by atoms with Crippen LogP contribution >= 0.6 is 0 Å². The van der Waals surface area contributed by atoms with Crippen molar-refractivity contribution in [3.05, 3.63) is 69.1 Å². The second-order valence-electron chi connectivity index (χ2n) is 8.28. The lowest BCUT2D eigenvalue weighted by atomic mass is 9.96. The number of aryl methyl sites for hydroxylation is 2. The van der Waals surface area contributed by atoms with Crippen molar-refractivity contribution < 1.29 is 4.79 Å². The molecule has 5 nitrogen and oxygen atoms in total. The number of nitrogens with zero attached hydrogens (tertiary/aromatic N) is 2. The summed E-state index contributed by atoms with van der Waals surface area (Å²) in [4.78, 5) is 31.7. The lowest BCUT2D eigenvalue weighted by Gasteiger charge is -2.35. The van der Waals surface area contributed by atoms with Crippen molar-refractivity contribution in [2.24, 2.45) is 5.92 Å². The van der Waals surface area contributed by atoms with E-state index in [0.29, 0.717) is 17.9 Å². The third-order valence-electron chi connectivity index (χ3n) is 5.97. The molecule has 0 radical (unpaired) electrons. The molecule has 1 atom stereocenters. The van der Waals surface area contributed by atoms with Crippen LogP contribution in [-0.2, 0) is 12.8 Å². The van der Waals surface area contributed by atoms with Crippen LogP contribution < -0.4 is 5.56 Å². The maximum atomic E-state index is 12.8. The Morgan fingerprint density at radius 1 is 1.28 bits per heavy atom. The number of nitrogens with one attached hydrogen (secondary N) is 1. The molecule has 1 aromatic heterocycles. The number of amides is 1. The van der Waals surface area contributed by atoms with E-state index in [0.717, 1.165) is 44.7 Å². The van der Waals surface area contributed by atoms with Gasteiger partial charge in [-0.05, 0) is 62.3 Å². The van der Waals surface area contributed by atoms with Crippen molar-refractivity contribution >= 4 is 5.91 Å². The third-order valence-corrected chi connectivity index (χ3v) is 5.97. The first-order chi connectivity index (χ1) is 14.0. The number of aromatic nitrogens is 1. The smallest absolute Gasteiger partial charge is 0.253 e. The molecule has 1 unspecified atom stereocenters. The summed E-state index contributed by atoms with van der Waals surface area (Å²) in [5.74, 6) is 0.407. The first-order valence-corrected chi connectivity index (χ1v) is 10.7. The quantitative estimate of drug-likeness (QED) is 0.783. The van der Waals surface area contributed by atoms with Gasteiger partial charge in [0.15, 0.2) is 0 Å². The minimum atomic E-state index is -0.207. The fourth-order valence-electron chi connectivity index (χ4n) is 4.28. The number of carbonyl (C=O) groups excluding carboxylic acids is 1. The number of benzene rings is 1. The summed E-state index contributed by atoms with van der Waals surface area (Å²) in [7, 11) is 1.85. The molecular weight excluding hydrogens is 362 g/mol. The van der Waals surface area contributed by atoms with Crippen LogP contribution in [0.1, 0.15) is 46.9 Å². The highest BCUT2D eigenvalue weighted by molar-refractivity contribution is 5.94. The van der Waals surface area contributed by atoms with Gasteiger partial charge in [-0.15, -0.1) is 0 Å². The van der Waals surface area contributed by atoms with E-state index in [1.165, 1.54) is 23.6 Å². The molecule has 3 rings (SSSR count). The second kappa shape index (κ2) is 9.88. The molecule has 1 aliphatic rings. The van der Waals surface area contributed by atoms with Crippen molar-refractivity contribution in [1.82, 2.24) is 14.8 Å². The summed E-state index contributed by atoms with van der Waals surface area (Å²) in [6.07, 6.45) is 4.10. The predicted molar refractivity (Wildman–Crippen MR) is 117 cm³/mol. The Kier molecular flexibility index (Phi) is 7.26. The van der Waals surface area contributed by atoms with Crippen LogP contribution in [0, 0.1) is 12.8 Å². The van der Waals surface area contributed by atoms with Crippen LogP contribution in [0.15, 0.2) is 41.2 Å². The molecule has 0 bridgehead atoms. The van der Waals surface area contributed by atoms with Crippen molar-refractivity contribution in [3.63, 3.8) is 0 Å². The van der Waals surface area contributed by atoms with Crippen molar-refractivity contribution in [3.8, 4) is 0 Å². The van der Waals surface area contributed by atoms with Gasteiger partial charge in [0.1, 0.15) is 0 Å². The highest BCUT2D eigenvalue weighted by Gasteiger charge is 2.23. The average Bonchev–Trinajstić information content (AvgIpc) is 2.72. The van der Waals surface area contributed by atoms with Gasteiger partial charge in [0.2, 0.25) is 5.56 Å². The second-order valence-corrected chi connectivity index (χ2v) is 8.28. The summed E-state index contributed by atoms with van der Waals surface area (Å²) >= 11 is 0. The van der Waals surface area contributed by atoms with Gasteiger partial charge in [-0.25, -0.2) is 0 Å². The van der Waals surface area contributed by atoms with E-state index in [2.05, 4.69) is 41.1 Å². The molecule has 1 N–H and O–H groups in total. The lowest BCUT2D eigenvalue weighted by molar-refractivity contribution is 0.0730. The van der Waals surface area contributed by atoms with Gasteiger partial charge in [0, 0.05) is 44.0 Å². The number of rotatable bonds is 7. The maximum Gasteiger partial charge on any atom is 0.253 e. The Bertz CT molecular complexity index is 890. The maximum absolute atomic E-state index is 12.8. The molecule has 29 heavy (non-hydrogen) atoms. The van der Waals surface area contributed by atoms with Crippen LogP contribution in [0.4, 0.5) is 0 Å². The summed E-state index contributed by atoms with van der Waals surface area (Å²) in [5.41, 5.74) is 3.86. The number of aromatic amines is 1. The molecule has 1 aliphatic heterocycles. The Hall–Kier alpha value is -2.40. The first kappa shape index (κ1) is 21.3. The van der Waals surface area contributed by atoms with E-state index in [-0.39, 0.29) is 11.5 Å². The zero-order valence-electron chi connectivity index (χ0n) is 17.9. The molecule has 2 aromatic rings. The average molecular weight is 396 g/mol. The van der Waals surface area contributed by atoms with Gasteiger partial charge < -0.3 is 14.8 Å². The highest BCUT2D eigenvalue weighted by Crippen LogP contribution is 2.19. The van der Waals surface area contributed by atoms with Crippen molar-refractivity contribution in [1.29, 1.82) is 0 Å². The SMILES string of the molecule is CCc1cc(C(=O)N(C)CC2CCCN(CCc3ccccc3C)C2)cc(=O)[nH]1. The number of H-pyrrole nitrogens is 1. The number of pyridine rings is 1. The van der Waals surface area contributed by atoms with Gasteiger partial charge in [0.25, 0.3) is 5.91 Å². The molecular formula is C24H33N3O2. The topological polar surface area (TPSA) is 56.4 Å². The van der Waals surface area contributed by atoms with Gasteiger partial charge in [-0.3, -0.25) is 9.59 Å². The van der Waals surface area contributed by atoms with Gasteiger partial charge >= 0.3 is 0 Å². The molecule has 0 spiro atoms. The van der Waals surface area contributed by atoms with Crippen LogP contribution in [0.2, 0.25) is 0 Å². The number of carbonyl (C=O) groups is 1. The fraction of sp³-hybridized carbons (Fsp3) is 0.500. The monoisotopic (exact) mass is 395 g/mol. The molecule has 0 aliphatic carbocycles. The van der Waals surface area contributed by atoms with Crippen LogP contribution in [0.3, 0.4) is 0 Å². The fourth-order valence-corrected chi connectivity index (χ4v) is 4.28.